The molecule has 41 heavy (non-hydrogen) atoms. The highest BCUT2D eigenvalue weighted by atomic mass is 35.5. The summed E-state index contributed by atoms with van der Waals surface area (Å²) >= 11 is 6.38. The van der Waals surface area contributed by atoms with Gasteiger partial charge < -0.3 is 4.74 Å². The van der Waals surface area contributed by atoms with E-state index in [0.717, 1.165) is 16.6 Å². The van der Waals surface area contributed by atoms with Gasteiger partial charge in [0.05, 0.1) is 21.9 Å². The molecular formula is C31H27ClN6O3. The molecule has 6 rings (SSSR count). The van der Waals surface area contributed by atoms with E-state index >= 15 is 0 Å². The van der Waals surface area contributed by atoms with E-state index < -0.39 is 6.04 Å². The number of rotatable bonds is 4. The standard InChI is InChI=1S/C23H19ClN6O.C8H8O2/c1-14-7-10-16(11-8-14)29-23(31)21(30-20-6-4-3-5-18(20)26-28-30)22(27-29)25-19-13-15(2)9-12-17(19)24;1-7(9)10-8-5-3-2-4-6-8/h3-13,21H,1-2H3,(H,25,27);2-6H,1H3. The molecule has 9 nitrogen and oxygen atoms in total. The summed E-state index contributed by atoms with van der Waals surface area (Å²) in [6.45, 7) is 5.35. The third-order valence-electron chi connectivity index (χ3n) is 6.20. The van der Waals surface area contributed by atoms with Crippen molar-refractivity contribution in [1.82, 2.24) is 20.4 Å². The maximum atomic E-state index is 13.5. The van der Waals surface area contributed by atoms with Crippen LogP contribution in [0.4, 0.5) is 11.4 Å². The molecule has 1 fully saturated rings. The van der Waals surface area contributed by atoms with Crippen LogP contribution in [0.15, 0.2) is 102 Å². The van der Waals surface area contributed by atoms with Gasteiger partial charge in [-0.3, -0.25) is 15.0 Å². The molecule has 1 aromatic heterocycles. The molecule has 0 bridgehead atoms. The number of carbonyl (C=O) groups is 2. The van der Waals surface area contributed by atoms with Crippen LogP contribution in [-0.4, -0.2) is 32.7 Å². The van der Waals surface area contributed by atoms with Gasteiger partial charge in [0.25, 0.3) is 5.91 Å². The highest BCUT2D eigenvalue weighted by Gasteiger charge is 2.41. The summed E-state index contributed by atoms with van der Waals surface area (Å²) in [6.07, 6.45) is 0. The molecule has 1 N–H and O–H groups in total. The lowest BCUT2D eigenvalue weighted by Gasteiger charge is -2.16. The van der Waals surface area contributed by atoms with Crippen molar-refractivity contribution in [3.05, 3.63) is 113 Å². The molecule has 1 amide bonds. The lowest BCUT2D eigenvalue weighted by Crippen LogP contribution is -2.35. The number of nitrogens with one attached hydrogen (secondary N) is 1. The van der Waals surface area contributed by atoms with Gasteiger partial charge in [-0.25, -0.2) is 14.7 Å². The minimum Gasteiger partial charge on any atom is -0.427 e. The predicted molar refractivity (Wildman–Crippen MR) is 159 cm³/mol. The van der Waals surface area contributed by atoms with E-state index in [1.54, 1.807) is 22.9 Å². The molecule has 0 aliphatic carbocycles. The Labute approximate surface area is 242 Å². The van der Waals surface area contributed by atoms with Crippen LogP contribution in [0.1, 0.15) is 24.1 Å². The maximum absolute atomic E-state index is 13.5. The number of hydrazine groups is 1. The van der Waals surface area contributed by atoms with Crippen molar-refractivity contribution in [2.24, 2.45) is 4.99 Å². The number of aliphatic imine (C=N–C) groups is 1. The van der Waals surface area contributed by atoms with E-state index in [1.165, 1.54) is 11.9 Å². The third kappa shape index (κ3) is 6.26. The third-order valence-corrected chi connectivity index (χ3v) is 6.52. The summed E-state index contributed by atoms with van der Waals surface area (Å²) in [5, 5.41) is 10.5. The lowest BCUT2D eigenvalue weighted by molar-refractivity contribution is -0.131. The molecule has 206 valence electrons. The summed E-state index contributed by atoms with van der Waals surface area (Å²) in [5.41, 5.74) is 8.03. The number of ether oxygens (including phenoxy) is 1. The van der Waals surface area contributed by atoms with Gasteiger partial charge in [0.15, 0.2) is 11.9 Å². The number of aromatic nitrogens is 3. The van der Waals surface area contributed by atoms with Crippen LogP contribution in [0.3, 0.4) is 0 Å². The topological polar surface area (TPSA) is 102 Å². The minimum absolute atomic E-state index is 0.206. The highest BCUT2D eigenvalue weighted by molar-refractivity contribution is 6.33. The predicted octanol–water partition coefficient (Wildman–Crippen LogP) is 6.14. The van der Waals surface area contributed by atoms with Crippen LogP contribution in [0.25, 0.3) is 11.0 Å². The second-order valence-corrected chi connectivity index (χ2v) is 9.81. The molecule has 1 atom stereocenters. The van der Waals surface area contributed by atoms with Crippen LogP contribution in [0, 0.1) is 13.8 Å². The first kappa shape index (κ1) is 27.5. The Morgan fingerprint density at radius 1 is 0.927 bits per heavy atom. The number of para-hydroxylation sites is 2. The smallest absolute Gasteiger partial charge is 0.308 e. The molecule has 1 saturated heterocycles. The van der Waals surface area contributed by atoms with Gasteiger partial charge in [-0.2, -0.15) is 0 Å². The molecule has 1 aliphatic rings. The number of carbonyl (C=O) groups excluding carboxylic acids is 2. The van der Waals surface area contributed by atoms with Crippen molar-refractivity contribution < 1.29 is 14.3 Å². The van der Waals surface area contributed by atoms with Crippen molar-refractivity contribution in [3.8, 4) is 5.75 Å². The van der Waals surface area contributed by atoms with Gasteiger partial charge >= 0.3 is 5.97 Å². The lowest BCUT2D eigenvalue weighted by atomic mass is 10.2. The summed E-state index contributed by atoms with van der Waals surface area (Å²) in [5.74, 6) is 0.525. The first-order chi connectivity index (χ1) is 19.8. The molecule has 5 aromatic rings. The normalized spacial score (nSPS) is 15.4. The molecule has 0 spiro atoms. The number of fused-ring (bicyclic) bond motifs is 1. The van der Waals surface area contributed by atoms with Crippen molar-refractivity contribution in [2.75, 3.05) is 5.01 Å². The van der Waals surface area contributed by atoms with Crippen LogP contribution >= 0.6 is 11.6 Å². The monoisotopic (exact) mass is 566 g/mol. The fourth-order valence-electron chi connectivity index (χ4n) is 4.23. The average molecular weight is 567 g/mol. The SMILES string of the molecule is CC(=O)Oc1ccccc1.Cc1ccc(N2NC(=Nc3cc(C)ccc3Cl)C(n3nnc4ccccc43)C2=O)cc1. The van der Waals surface area contributed by atoms with E-state index in [0.29, 0.717) is 33.5 Å². The number of nitrogens with zero attached hydrogens (tertiary/aromatic N) is 5. The highest BCUT2D eigenvalue weighted by Crippen LogP contribution is 2.31. The van der Waals surface area contributed by atoms with Crippen LogP contribution < -0.4 is 15.2 Å². The summed E-state index contributed by atoms with van der Waals surface area (Å²) < 4.78 is 6.37. The van der Waals surface area contributed by atoms with E-state index in [4.69, 9.17) is 21.3 Å². The number of benzene rings is 4. The zero-order chi connectivity index (χ0) is 28.9. The van der Waals surface area contributed by atoms with Gasteiger partial charge in [0.2, 0.25) is 0 Å². The Morgan fingerprint density at radius 3 is 2.34 bits per heavy atom. The fourth-order valence-corrected chi connectivity index (χ4v) is 4.39. The number of hydrogen-bond donors (Lipinski definition) is 1. The number of amides is 1. The first-order valence-electron chi connectivity index (χ1n) is 12.9. The van der Waals surface area contributed by atoms with Crippen LogP contribution in [-0.2, 0) is 9.59 Å². The van der Waals surface area contributed by atoms with E-state index in [-0.39, 0.29) is 11.9 Å². The Hall–Kier alpha value is -5.02. The van der Waals surface area contributed by atoms with Crippen molar-refractivity contribution >= 4 is 51.7 Å². The molecular weight excluding hydrogens is 540 g/mol. The maximum Gasteiger partial charge on any atom is 0.308 e. The second kappa shape index (κ2) is 12.0. The first-order valence-corrected chi connectivity index (χ1v) is 13.2. The average Bonchev–Trinajstić information content (AvgIpc) is 3.52. The fraction of sp³-hybridized carbons (Fsp3) is 0.129. The van der Waals surface area contributed by atoms with Gasteiger partial charge in [0, 0.05) is 6.92 Å². The zero-order valence-electron chi connectivity index (χ0n) is 22.7. The number of amidine groups is 1. The number of halogens is 1. The molecule has 1 unspecified atom stereocenters. The van der Waals surface area contributed by atoms with Gasteiger partial charge in [-0.05, 0) is 67.9 Å². The second-order valence-electron chi connectivity index (χ2n) is 9.40. The molecule has 0 radical (unpaired) electrons. The largest absolute Gasteiger partial charge is 0.427 e. The van der Waals surface area contributed by atoms with Gasteiger partial charge in [0.1, 0.15) is 11.3 Å². The molecule has 10 heteroatoms. The van der Waals surface area contributed by atoms with E-state index in [9.17, 15) is 9.59 Å². The number of esters is 1. The summed E-state index contributed by atoms with van der Waals surface area (Å²) in [6, 6.07) is 29.0. The van der Waals surface area contributed by atoms with Gasteiger partial charge in [-0.15, -0.1) is 5.10 Å². The molecule has 4 aromatic carbocycles. The number of anilines is 1. The quantitative estimate of drug-likeness (QED) is 0.207. The Balaban J connectivity index is 0.000000287. The van der Waals surface area contributed by atoms with Crippen LogP contribution in [0.2, 0.25) is 5.02 Å². The zero-order valence-corrected chi connectivity index (χ0v) is 23.4. The van der Waals surface area contributed by atoms with Crippen molar-refractivity contribution in [2.45, 2.75) is 26.8 Å². The Morgan fingerprint density at radius 2 is 1.61 bits per heavy atom. The van der Waals surface area contributed by atoms with Crippen molar-refractivity contribution in [3.63, 3.8) is 0 Å². The van der Waals surface area contributed by atoms with Crippen LogP contribution in [0.5, 0.6) is 5.75 Å². The minimum atomic E-state index is -0.801. The van der Waals surface area contributed by atoms with E-state index in [1.807, 2.05) is 92.7 Å². The number of hydrogen-bond acceptors (Lipinski definition) is 6. The molecule has 0 saturated carbocycles. The molecule has 1 aliphatic heterocycles. The summed E-state index contributed by atoms with van der Waals surface area (Å²) in [4.78, 5) is 28.7. The molecule has 2 heterocycles. The number of aryl methyl sites for hydroxylation is 2. The Bertz CT molecular complexity index is 1730. The summed E-state index contributed by atoms with van der Waals surface area (Å²) in [7, 11) is 0. The van der Waals surface area contributed by atoms with Crippen molar-refractivity contribution in [1.29, 1.82) is 0 Å². The van der Waals surface area contributed by atoms with E-state index in [2.05, 4.69) is 15.7 Å². The van der Waals surface area contributed by atoms with Gasteiger partial charge in [-0.1, -0.05) is 70.9 Å². The Kier molecular flexibility index (Phi) is 8.07.